The monoisotopic (exact) mass is 894 g/mol. The van der Waals surface area contributed by atoms with E-state index in [0.29, 0.717) is 0 Å². The van der Waals surface area contributed by atoms with E-state index in [2.05, 4.69) is 10.6 Å². The van der Waals surface area contributed by atoms with E-state index in [9.17, 15) is 81.1 Å². The number of rotatable bonds is 14. The molecule has 16 N–H and O–H groups in total. The number of carbonyl (C=O) groups excluding carboxylic acids is 2. The third-order valence-electron chi connectivity index (χ3n) is 11.1. The number of carbonyl (C=O) groups is 2. The zero-order valence-corrected chi connectivity index (χ0v) is 33.0. The fraction of sp³-hybridized carbons (Fsp3) is 0.941. The Morgan fingerprint density at radius 2 is 0.836 bits per heavy atom. The lowest BCUT2D eigenvalue weighted by Gasteiger charge is -2.51. The molecule has 0 saturated carbocycles. The summed E-state index contributed by atoms with van der Waals surface area (Å²) in [5.41, 5.74) is 0. The van der Waals surface area contributed by atoms with Crippen molar-refractivity contribution < 1.29 is 124 Å². The van der Waals surface area contributed by atoms with Crippen molar-refractivity contribution in [2.75, 3.05) is 26.4 Å². The normalized spacial score (nSPS) is 49.6. The maximum Gasteiger partial charge on any atom is 0.217 e. The van der Waals surface area contributed by atoms with E-state index >= 15 is 0 Å². The van der Waals surface area contributed by atoms with Gasteiger partial charge in [-0.3, -0.25) is 9.59 Å². The van der Waals surface area contributed by atoms with Gasteiger partial charge < -0.3 is 125 Å². The Kier molecular flexibility index (Phi) is 17.5. The van der Waals surface area contributed by atoms with Gasteiger partial charge in [-0.15, -0.1) is 0 Å². The average molecular weight is 895 g/mol. The molecule has 5 rings (SSSR count). The van der Waals surface area contributed by atoms with Crippen LogP contribution < -0.4 is 10.6 Å². The van der Waals surface area contributed by atoms with Gasteiger partial charge in [0.25, 0.3) is 0 Å². The van der Waals surface area contributed by atoms with E-state index in [-0.39, 0.29) is 0 Å². The number of aliphatic hydroxyl groups excluding tert-OH is 14. The van der Waals surface area contributed by atoms with Crippen LogP contribution in [-0.4, -0.2) is 263 Å². The van der Waals surface area contributed by atoms with Crippen LogP contribution in [0.2, 0.25) is 0 Å². The van der Waals surface area contributed by atoms with Crippen LogP contribution in [0.1, 0.15) is 20.8 Å². The van der Waals surface area contributed by atoms with Gasteiger partial charge in [-0.25, -0.2) is 0 Å². The summed E-state index contributed by atoms with van der Waals surface area (Å²) in [5.74, 6) is -1.57. The molecule has 0 bridgehead atoms. The molecule has 61 heavy (non-hydrogen) atoms. The van der Waals surface area contributed by atoms with Crippen molar-refractivity contribution in [1.82, 2.24) is 10.6 Å². The fourth-order valence-electron chi connectivity index (χ4n) is 7.77. The van der Waals surface area contributed by atoms with Gasteiger partial charge in [0.2, 0.25) is 11.8 Å². The van der Waals surface area contributed by atoms with Crippen LogP contribution >= 0.6 is 0 Å². The van der Waals surface area contributed by atoms with Crippen molar-refractivity contribution in [2.45, 2.75) is 174 Å². The van der Waals surface area contributed by atoms with E-state index in [0.717, 1.165) is 13.8 Å². The Morgan fingerprint density at radius 1 is 0.426 bits per heavy atom. The van der Waals surface area contributed by atoms with E-state index in [1.807, 2.05) is 0 Å². The summed E-state index contributed by atoms with van der Waals surface area (Å²) < 4.78 is 51.9. The Hall–Kier alpha value is -1.98. The maximum atomic E-state index is 12.8. The molecule has 5 fully saturated rings. The van der Waals surface area contributed by atoms with E-state index in [1.165, 1.54) is 6.92 Å². The van der Waals surface area contributed by atoms with Gasteiger partial charge in [-0.1, -0.05) is 0 Å². The predicted molar refractivity (Wildman–Crippen MR) is 188 cm³/mol. The second kappa shape index (κ2) is 21.3. The van der Waals surface area contributed by atoms with Crippen molar-refractivity contribution in [3.05, 3.63) is 0 Å². The smallest absolute Gasteiger partial charge is 0.217 e. The van der Waals surface area contributed by atoms with Gasteiger partial charge in [0.15, 0.2) is 31.5 Å². The molecule has 27 nitrogen and oxygen atoms in total. The van der Waals surface area contributed by atoms with Crippen molar-refractivity contribution in [2.24, 2.45) is 0 Å². The first-order chi connectivity index (χ1) is 28.8. The Labute approximate surface area is 346 Å². The van der Waals surface area contributed by atoms with Gasteiger partial charge in [0, 0.05) is 13.8 Å². The summed E-state index contributed by atoms with van der Waals surface area (Å²) in [6, 6.07) is -3.31. The zero-order valence-electron chi connectivity index (χ0n) is 33.0. The number of hydrogen-bond donors (Lipinski definition) is 16. The van der Waals surface area contributed by atoms with Crippen molar-refractivity contribution in [3.63, 3.8) is 0 Å². The number of ether oxygens (including phenoxy) is 9. The van der Waals surface area contributed by atoms with Crippen LogP contribution in [0.25, 0.3) is 0 Å². The van der Waals surface area contributed by atoms with Gasteiger partial charge in [-0.05, 0) is 6.92 Å². The predicted octanol–water partition coefficient (Wildman–Crippen LogP) is -10.6. The summed E-state index contributed by atoms with van der Waals surface area (Å²) in [5, 5.41) is 153. The molecular formula is C34H58N2O25. The second-order valence-corrected chi connectivity index (χ2v) is 15.4. The Morgan fingerprint density at radius 3 is 1.39 bits per heavy atom. The highest BCUT2D eigenvalue weighted by Gasteiger charge is 2.58. The van der Waals surface area contributed by atoms with Crippen LogP contribution in [-0.2, 0) is 52.2 Å². The highest BCUT2D eigenvalue weighted by molar-refractivity contribution is 5.73. The molecule has 0 aromatic rings. The van der Waals surface area contributed by atoms with E-state index in [1.54, 1.807) is 0 Å². The van der Waals surface area contributed by atoms with Gasteiger partial charge in [0.05, 0.1) is 32.5 Å². The first-order valence-corrected chi connectivity index (χ1v) is 19.5. The van der Waals surface area contributed by atoms with Crippen LogP contribution in [0.4, 0.5) is 0 Å². The molecule has 0 aliphatic carbocycles. The van der Waals surface area contributed by atoms with Gasteiger partial charge >= 0.3 is 0 Å². The van der Waals surface area contributed by atoms with Crippen LogP contribution in [0.3, 0.4) is 0 Å². The molecule has 0 radical (unpaired) electrons. The number of aliphatic hydroxyl groups is 14. The minimum atomic E-state index is -2.15. The minimum absolute atomic E-state index is 0.724. The summed E-state index contributed by atoms with van der Waals surface area (Å²) in [7, 11) is 0. The van der Waals surface area contributed by atoms with Crippen LogP contribution in [0.5, 0.6) is 0 Å². The highest BCUT2D eigenvalue weighted by Crippen LogP contribution is 2.37. The fourth-order valence-corrected chi connectivity index (χ4v) is 7.77. The third kappa shape index (κ3) is 10.8. The molecule has 0 aromatic heterocycles. The molecular weight excluding hydrogens is 836 g/mol. The highest BCUT2D eigenvalue weighted by atomic mass is 16.8. The zero-order chi connectivity index (χ0) is 45.2. The molecule has 0 spiro atoms. The third-order valence-corrected chi connectivity index (χ3v) is 11.1. The van der Waals surface area contributed by atoms with Crippen molar-refractivity contribution in [1.29, 1.82) is 0 Å². The van der Waals surface area contributed by atoms with Gasteiger partial charge in [-0.2, -0.15) is 0 Å². The van der Waals surface area contributed by atoms with Crippen LogP contribution in [0.15, 0.2) is 0 Å². The molecule has 27 heteroatoms. The number of amides is 2. The lowest BCUT2D eigenvalue weighted by Crippen LogP contribution is -2.71. The number of hydrogen-bond acceptors (Lipinski definition) is 25. The summed E-state index contributed by atoms with van der Waals surface area (Å²) in [6.45, 7) is -0.305. The summed E-state index contributed by atoms with van der Waals surface area (Å²) >= 11 is 0. The topological polar surface area (TPSA) is 424 Å². The molecule has 0 aromatic carbocycles. The molecule has 354 valence electrons. The quantitative estimate of drug-likeness (QED) is 0.0770. The lowest BCUT2D eigenvalue weighted by molar-refractivity contribution is -0.389. The largest absolute Gasteiger partial charge is 0.394 e. The standard InChI is InChI=1S/C34H58N2O25/c1-8-17(43)21(47)23(49)32(53-8)58-26-14(7-40)57-31(16(36-10(3)42)28(26)60-33-24(50)22(48)18(44)11(4-37)55-33)61-29-20(46)13(6-39)56-34(25(29)51)59-27-15(35-9(2)41)30(52)54-12(5-38)19(27)45/h8,11-34,37-40,43-52H,4-7H2,1-3H3,(H,35,41)(H,36,42)/t8-,11+,12+,13+,14+,15+,16+,17+,18-,19-,20-,21+,22-,23-,24+,25+,26+,27+,28+,29-,30?,31-,32-,33-,34-/m0/s1. The van der Waals surface area contributed by atoms with E-state index in [4.69, 9.17) is 42.6 Å². The molecule has 5 heterocycles. The van der Waals surface area contributed by atoms with Crippen molar-refractivity contribution in [3.8, 4) is 0 Å². The molecule has 1 unspecified atom stereocenters. The van der Waals surface area contributed by atoms with Crippen molar-refractivity contribution >= 4 is 11.8 Å². The maximum absolute atomic E-state index is 12.8. The van der Waals surface area contributed by atoms with Gasteiger partial charge in [0.1, 0.15) is 116 Å². The molecule has 5 aliphatic rings. The molecule has 5 aliphatic heterocycles. The summed E-state index contributed by atoms with van der Waals surface area (Å²) in [4.78, 5) is 24.8. The molecule has 25 atom stereocenters. The molecule has 2 amide bonds. The average Bonchev–Trinajstić information content (AvgIpc) is 3.22. The second-order valence-electron chi connectivity index (χ2n) is 15.4. The lowest BCUT2D eigenvalue weighted by atomic mass is 9.93. The number of nitrogens with one attached hydrogen (secondary N) is 2. The van der Waals surface area contributed by atoms with E-state index < -0.39 is 192 Å². The van der Waals surface area contributed by atoms with Crippen LogP contribution in [0, 0.1) is 0 Å². The first-order valence-electron chi connectivity index (χ1n) is 19.5. The first kappa shape index (κ1) is 50.0. The summed E-state index contributed by atoms with van der Waals surface area (Å²) in [6.07, 6.45) is -41.7. The SMILES string of the molecule is CC(=O)N[C@H]1[C@H](O[C@H]2[C@@H](O)[C@@H](CO)O[C@@H](O[C@H]3[C@@H](O)[C@@H](CO)OC(O)[C@@H]3NC(C)=O)[C@@H]2O)O[C@H](CO)[C@@H](O[C@@H]2O[C@@H](C)[C@@H](O)[C@@H](O)[C@@H]2O)[C@@H]1O[C@@H]1O[C@H](CO)[C@H](O)[C@H](O)[C@H]1O. The minimum Gasteiger partial charge on any atom is -0.394 e. The Balaban J connectivity index is 1.51. The molecule has 5 saturated heterocycles. The Bertz CT molecular complexity index is 1420.